The van der Waals surface area contributed by atoms with Crippen molar-refractivity contribution in [1.29, 1.82) is 0 Å². The fourth-order valence-electron chi connectivity index (χ4n) is 2.11. The Morgan fingerprint density at radius 1 is 1.03 bits per heavy atom. The first-order valence-electron chi connectivity index (χ1n) is 8.76. The van der Waals surface area contributed by atoms with Crippen molar-refractivity contribution < 1.29 is 19.1 Å². The lowest BCUT2D eigenvalue weighted by molar-refractivity contribution is -0.140. The van der Waals surface area contributed by atoms with Gasteiger partial charge in [-0.2, -0.15) is 0 Å². The number of halogens is 1. The number of hydrazine groups is 1. The molecule has 0 aliphatic heterocycles. The van der Waals surface area contributed by atoms with Gasteiger partial charge < -0.3 is 15.4 Å². The summed E-state index contributed by atoms with van der Waals surface area (Å²) in [4.78, 5) is 36.6. The van der Waals surface area contributed by atoms with Crippen molar-refractivity contribution in [2.45, 2.75) is 6.92 Å². The lowest BCUT2D eigenvalue weighted by Crippen LogP contribution is -2.44. The number of anilines is 1. The standard InChI is InChI=1S/C20H19ClN4O4S/c1-2-29-19(28)16(12-22-20(30)23-15-10-8-14(21)9-11-15)18(27)25-24-17(26)13-6-4-3-5-7-13/h3-12H,2H2,1H3,(H,24,26)(H,25,27)(H2,22,23,30). The predicted octanol–water partition coefficient (Wildman–Crippen LogP) is 2.53. The Labute approximate surface area is 183 Å². The van der Waals surface area contributed by atoms with Crippen LogP contribution in [0, 0.1) is 0 Å². The van der Waals surface area contributed by atoms with E-state index < -0.39 is 17.8 Å². The molecule has 0 aromatic heterocycles. The fourth-order valence-corrected chi connectivity index (χ4v) is 2.41. The van der Waals surface area contributed by atoms with Crippen LogP contribution in [0.4, 0.5) is 5.69 Å². The van der Waals surface area contributed by atoms with Crippen molar-refractivity contribution in [3.8, 4) is 0 Å². The van der Waals surface area contributed by atoms with E-state index in [0.717, 1.165) is 6.20 Å². The predicted molar refractivity (Wildman–Crippen MR) is 118 cm³/mol. The second-order valence-corrected chi connectivity index (χ2v) is 6.50. The van der Waals surface area contributed by atoms with Crippen LogP contribution in [0.3, 0.4) is 0 Å². The molecule has 0 unspecified atom stereocenters. The van der Waals surface area contributed by atoms with Crippen LogP contribution >= 0.6 is 23.8 Å². The molecule has 2 amide bonds. The first-order valence-corrected chi connectivity index (χ1v) is 9.55. The number of rotatable bonds is 6. The van der Waals surface area contributed by atoms with Gasteiger partial charge in [0.15, 0.2) is 5.11 Å². The Hall–Kier alpha value is -3.43. The molecular formula is C20H19ClN4O4S. The first-order chi connectivity index (χ1) is 14.4. The second-order valence-electron chi connectivity index (χ2n) is 5.66. The third-order valence-corrected chi connectivity index (χ3v) is 3.99. The maximum absolute atomic E-state index is 12.4. The van der Waals surface area contributed by atoms with Gasteiger partial charge in [0, 0.05) is 22.5 Å². The van der Waals surface area contributed by atoms with Gasteiger partial charge in [0.05, 0.1) is 6.61 Å². The molecule has 0 fully saturated rings. The molecule has 0 saturated carbocycles. The van der Waals surface area contributed by atoms with Crippen molar-refractivity contribution in [1.82, 2.24) is 16.2 Å². The molecule has 10 heteroatoms. The minimum atomic E-state index is -0.884. The van der Waals surface area contributed by atoms with E-state index in [1.54, 1.807) is 61.5 Å². The third-order valence-electron chi connectivity index (χ3n) is 3.52. The van der Waals surface area contributed by atoms with Crippen molar-refractivity contribution in [2.24, 2.45) is 0 Å². The van der Waals surface area contributed by atoms with Crippen LogP contribution in [0.25, 0.3) is 0 Å². The highest BCUT2D eigenvalue weighted by Crippen LogP contribution is 2.13. The molecule has 0 radical (unpaired) electrons. The lowest BCUT2D eigenvalue weighted by Gasteiger charge is -2.11. The highest BCUT2D eigenvalue weighted by molar-refractivity contribution is 7.80. The van der Waals surface area contributed by atoms with E-state index in [4.69, 9.17) is 28.6 Å². The summed E-state index contributed by atoms with van der Waals surface area (Å²) in [6.07, 6.45) is 1.09. The summed E-state index contributed by atoms with van der Waals surface area (Å²) in [7, 11) is 0. The summed E-state index contributed by atoms with van der Waals surface area (Å²) in [6, 6.07) is 15.0. The Balaban J connectivity index is 2.01. The van der Waals surface area contributed by atoms with E-state index in [1.165, 1.54) is 0 Å². The molecule has 2 aromatic carbocycles. The molecule has 2 rings (SSSR count). The molecule has 0 aliphatic rings. The van der Waals surface area contributed by atoms with Gasteiger partial charge in [0.2, 0.25) is 0 Å². The van der Waals surface area contributed by atoms with Gasteiger partial charge >= 0.3 is 5.97 Å². The zero-order chi connectivity index (χ0) is 21.9. The molecule has 2 aromatic rings. The van der Waals surface area contributed by atoms with Gasteiger partial charge in [-0.1, -0.05) is 29.8 Å². The Bertz CT molecular complexity index is 949. The average molecular weight is 447 g/mol. The van der Waals surface area contributed by atoms with Gasteiger partial charge in [-0.05, 0) is 55.5 Å². The molecule has 0 bridgehead atoms. The highest BCUT2D eigenvalue weighted by atomic mass is 35.5. The van der Waals surface area contributed by atoms with Gasteiger partial charge in [-0.25, -0.2) is 4.79 Å². The average Bonchev–Trinajstić information content (AvgIpc) is 2.74. The molecule has 156 valence electrons. The van der Waals surface area contributed by atoms with Crippen LogP contribution in [0.5, 0.6) is 0 Å². The third kappa shape index (κ3) is 7.19. The second kappa shape index (κ2) is 11.5. The summed E-state index contributed by atoms with van der Waals surface area (Å²) in [5.74, 6) is -2.30. The SMILES string of the molecule is CCOC(=O)C(=CNC(=S)Nc1ccc(Cl)cc1)C(=O)NNC(=O)c1ccccc1. The minimum Gasteiger partial charge on any atom is -0.462 e. The number of hydrogen-bond acceptors (Lipinski definition) is 5. The number of carbonyl (C=O) groups is 3. The summed E-state index contributed by atoms with van der Waals surface area (Å²) in [6.45, 7) is 1.66. The maximum Gasteiger partial charge on any atom is 0.345 e. The van der Waals surface area contributed by atoms with E-state index in [-0.39, 0.29) is 17.3 Å². The first kappa shape index (κ1) is 22.9. The zero-order valence-electron chi connectivity index (χ0n) is 15.9. The molecule has 30 heavy (non-hydrogen) atoms. The number of ether oxygens (including phenoxy) is 1. The number of carbonyl (C=O) groups excluding carboxylic acids is 3. The smallest absolute Gasteiger partial charge is 0.345 e. The number of hydrogen-bond donors (Lipinski definition) is 4. The highest BCUT2D eigenvalue weighted by Gasteiger charge is 2.20. The van der Waals surface area contributed by atoms with Crippen molar-refractivity contribution >= 4 is 52.4 Å². The molecule has 4 N–H and O–H groups in total. The van der Waals surface area contributed by atoms with Crippen LogP contribution in [-0.2, 0) is 14.3 Å². The summed E-state index contributed by atoms with van der Waals surface area (Å²) < 4.78 is 4.88. The molecule has 0 saturated heterocycles. The normalized spacial score (nSPS) is 10.5. The maximum atomic E-state index is 12.4. The van der Waals surface area contributed by atoms with Crippen LogP contribution in [-0.4, -0.2) is 29.5 Å². The fraction of sp³-hybridized carbons (Fsp3) is 0.100. The van der Waals surface area contributed by atoms with E-state index in [1.807, 2.05) is 0 Å². The van der Waals surface area contributed by atoms with Crippen LogP contribution in [0.2, 0.25) is 5.02 Å². The monoisotopic (exact) mass is 446 g/mol. The minimum absolute atomic E-state index is 0.0628. The van der Waals surface area contributed by atoms with Crippen LogP contribution in [0.1, 0.15) is 17.3 Å². The Morgan fingerprint density at radius 2 is 1.70 bits per heavy atom. The van der Waals surface area contributed by atoms with Crippen LogP contribution < -0.4 is 21.5 Å². The van der Waals surface area contributed by atoms with Crippen molar-refractivity contribution in [2.75, 3.05) is 11.9 Å². The number of amides is 2. The summed E-state index contributed by atoms with van der Waals surface area (Å²) >= 11 is 11.0. The summed E-state index contributed by atoms with van der Waals surface area (Å²) in [5, 5.41) is 6.20. The number of nitrogens with one attached hydrogen (secondary N) is 4. The van der Waals surface area contributed by atoms with E-state index in [0.29, 0.717) is 16.3 Å². The van der Waals surface area contributed by atoms with Gasteiger partial charge in [0.1, 0.15) is 5.57 Å². The van der Waals surface area contributed by atoms with E-state index in [2.05, 4.69) is 21.5 Å². The van der Waals surface area contributed by atoms with E-state index in [9.17, 15) is 14.4 Å². The number of benzene rings is 2. The summed E-state index contributed by atoms with van der Waals surface area (Å²) in [5.41, 5.74) is 5.02. The lowest BCUT2D eigenvalue weighted by atomic mass is 10.2. The zero-order valence-corrected chi connectivity index (χ0v) is 17.5. The number of esters is 1. The molecule has 0 atom stereocenters. The van der Waals surface area contributed by atoms with Gasteiger partial charge in [-0.15, -0.1) is 0 Å². The topological polar surface area (TPSA) is 109 Å². The Kier molecular flexibility index (Phi) is 8.79. The molecule has 0 heterocycles. The Morgan fingerprint density at radius 3 is 2.33 bits per heavy atom. The molecule has 8 nitrogen and oxygen atoms in total. The van der Waals surface area contributed by atoms with Crippen molar-refractivity contribution in [3.05, 3.63) is 77.0 Å². The van der Waals surface area contributed by atoms with Gasteiger partial charge in [0.25, 0.3) is 11.8 Å². The van der Waals surface area contributed by atoms with Gasteiger partial charge in [-0.3, -0.25) is 20.4 Å². The largest absolute Gasteiger partial charge is 0.462 e. The molecular weight excluding hydrogens is 428 g/mol. The quantitative estimate of drug-likeness (QED) is 0.135. The van der Waals surface area contributed by atoms with Crippen molar-refractivity contribution in [3.63, 3.8) is 0 Å². The molecule has 0 aliphatic carbocycles. The number of thiocarbonyl (C=S) groups is 1. The van der Waals surface area contributed by atoms with Crippen LogP contribution in [0.15, 0.2) is 66.4 Å². The molecule has 0 spiro atoms. The van der Waals surface area contributed by atoms with E-state index >= 15 is 0 Å².